The molecule has 0 spiro atoms. The molecule has 0 unspecified atom stereocenters. The quantitative estimate of drug-likeness (QED) is 0.629. The highest BCUT2D eigenvalue weighted by atomic mass is 32.2. The van der Waals surface area contributed by atoms with Gasteiger partial charge in [-0.3, -0.25) is 9.89 Å². The van der Waals surface area contributed by atoms with Crippen LogP contribution in [0.2, 0.25) is 0 Å². The van der Waals surface area contributed by atoms with E-state index in [-0.39, 0.29) is 18.2 Å². The van der Waals surface area contributed by atoms with Crippen molar-refractivity contribution < 1.29 is 9.21 Å². The predicted molar refractivity (Wildman–Crippen MR) is 88.1 cm³/mol. The van der Waals surface area contributed by atoms with Crippen LogP contribution in [-0.4, -0.2) is 37.0 Å². The zero-order chi connectivity index (χ0) is 16.8. The van der Waals surface area contributed by atoms with E-state index >= 15 is 0 Å². The van der Waals surface area contributed by atoms with E-state index in [4.69, 9.17) is 4.42 Å². The molecule has 9 heteroatoms. The maximum Gasteiger partial charge on any atom is 0.247 e. The Bertz CT molecular complexity index is 801. The summed E-state index contributed by atoms with van der Waals surface area (Å²) in [5.41, 5.74) is 0.842. The third-order valence-corrected chi connectivity index (χ3v) is 3.95. The van der Waals surface area contributed by atoms with Crippen LogP contribution in [0.5, 0.6) is 0 Å². The fourth-order valence-corrected chi connectivity index (χ4v) is 2.53. The van der Waals surface area contributed by atoms with Gasteiger partial charge in [0, 0.05) is 12.0 Å². The van der Waals surface area contributed by atoms with Crippen LogP contribution >= 0.6 is 11.8 Å². The molecular formula is C15H16N6O2S. The molecular weight excluding hydrogens is 328 g/mol. The zero-order valence-corrected chi connectivity index (χ0v) is 13.8. The fraction of sp³-hybridized carbons (Fsp3) is 0.267. The number of nitrogens with one attached hydrogen (secondary N) is 2. The van der Waals surface area contributed by atoms with Crippen molar-refractivity contribution in [2.45, 2.75) is 25.0 Å². The molecule has 0 bridgehead atoms. The Morgan fingerprint density at radius 3 is 2.88 bits per heavy atom. The van der Waals surface area contributed by atoms with Gasteiger partial charge < -0.3 is 9.73 Å². The highest BCUT2D eigenvalue weighted by Gasteiger charge is 2.11. The van der Waals surface area contributed by atoms with E-state index in [2.05, 4.69) is 30.7 Å². The number of thioether (sulfide) groups is 1. The van der Waals surface area contributed by atoms with Crippen LogP contribution in [0, 0.1) is 0 Å². The summed E-state index contributed by atoms with van der Waals surface area (Å²) < 4.78 is 5.53. The summed E-state index contributed by atoms with van der Waals surface area (Å²) in [5.74, 6) is 1.67. The zero-order valence-electron chi connectivity index (χ0n) is 13.0. The molecule has 8 nitrogen and oxygen atoms in total. The Labute approximate surface area is 142 Å². The molecule has 0 fully saturated rings. The third kappa shape index (κ3) is 4.19. The van der Waals surface area contributed by atoms with Crippen molar-refractivity contribution in [2.24, 2.45) is 0 Å². The highest BCUT2D eigenvalue weighted by Crippen LogP contribution is 2.17. The second kappa shape index (κ2) is 7.73. The molecule has 2 aromatic heterocycles. The number of rotatable bonds is 7. The molecule has 0 saturated carbocycles. The molecule has 0 saturated heterocycles. The number of nitrogens with zero attached hydrogens (tertiary/aromatic N) is 4. The normalized spacial score (nSPS) is 10.7. The maximum atomic E-state index is 11.9. The monoisotopic (exact) mass is 344 g/mol. The minimum absolute atomic E-state index is 0.151. The number of carbonyl (C=O) groups excluding carboxylic acids is 1. The van der Waals surface area contributed by atoms with Gasteiger partial charge in [-0.1, -0.05) is 36.9 Å². The van der Waals surface area contributed by atoms with E-state index in [1.54, 1.807) is 0 Å². The average Bonchev–Trinajstić information content (AvgIpc) is 3.28. The molecule has 3 aromatic rings. The Hall–Kier alpha value is -2.68. The van der Waals surface area contributed by atoms with Crippen molar-refractivity contribution in [3.05, 3.63) is 42.0 Å². The molecule has 0 atom stereocenters. The molecule has 124 valence electrons. The minimum atomic E-state index is -0.151. The lowest BCUT2D eigenvalue weighted by atomic mass is 10.2. The number of amides is 1. The van der Waals surface area contributed by atoms with Gasteiger partial charge in [0.25, 0.3) is 0 Å². The first-order chi connectivity index (χ1) is 11.7. The summed E-state index contributed by atoms with van der Waals surface area (Å²) >= 11 is 1.27. The number of H-pyrrole nitrogens is 1. The molecule has 0 aliphatic rings. The largest absolute Gasteiger partial charge is 0.419 e. The molecule has 1 amide bonds. The first kappa shape index (κ1) is 16.2. The average molecular weight is 344 g/mol. The summed E-state index contributed by atoms with van der Waals surface area (Å²) in [6.07, 6.45) is 0.778. The number of carbonyl (C=O) groups is 1. The molecule has 0 aliphatic carbocycles. The van der Waals surface area contributed by atoms with Crippen LogP contribution in [-0.2, 0) is 17.8 Å². The number of aromatic nitrogens is 5. The van der Waals surface area contributed by atoms with Crippen LogP contribution in [0.25, 0.3) is 11.5 Å². The Kier molecular flexibility index (Phi) is 5.22. The molecule has 1 aromatic carbocycles. The van der Waals surface area contributed by atoms with Crippen molar-refractivity contribution in [1.29, 1.82) is 0 Å². The van der Waals surface area contributed by atoms with E-state index in [9.17, 15) is 4.79 Å². The first-order valence-corrected chi connectivity index (χ1v) is 8.41. The van der Waals surface area contributed by atoms with Gasteiger partial charge in [0.15, 0.2) is 0 Å². The van der Waals surface area contributed by atoms with Crippen molar-refractivity contribution in [2.75, 3.05) is 5.75 Å². The minimum Gasteiger partial charge on any atom is -0.419 e. The SMILES string of the molecule is CCc1nc(SCC(=O)NCc2nnc(-c3ccccc3)o2)n[nH]1. The van der Waals surface area contributed by atoms with Gasteiger partial charge >= 0.3 is 0 Å². The maximum absolute atomic E-state index is 11.9. The summed E-state index contributed by atoms with van der Waals surface area (Å²) in [7, 11) is 0. The van der Waals surface area contributed by atoms with Gasteiger partial charge in [0.05, 0.1) is 12.3 Å². The predicted octanol–water partition coefficient (Wildman–Crippen LogP) is 1.83. The number of hydrogen-bond donors (Lipinski definition) is 2. The lowest BCUT2D eigenvalue weighted by molar-refractivity contribution is -0.118. The van der Waals surface area contributed by atoms with Crippen molar-refractivity contribution in [3.63, 3.8) is 0 Å². The van der Waals surface area contributed by atoms with Gasteiger partial charge in [-0.25, -0.2) is 4.98 Å². The Morgan fingerprint density at radius 2 is 2.12 bits per heavy atom. The second-order valence-electron chi connectivity index (χ2n) is 4.85. The van der Waals surface area contributed by atoms with Crippen LogP contribution in [0.3, 0.4) is 0 Å². The van der Waals surface area contributed by atoms with Crippen LogP contribution in [0.15, 0.2) is 39.9 Å². The highest BCUT2D eigenvalue weighted by molar-refractivity contribution is 7.99. The topological polar surface area (TPSA) is 110 Å². The Morgan fingerprint density at radius 1 is 1.29 bits per heavy atom. The van der Waals surface area contributed by atoms with E-state index in [1.165, 1.54) is 11.8 Å². The van der Waals surface area contributed by atoms with Gasteiger partial charge in [-0.15, -0.1) is 15.3 Å². The number of aryl methyl sites for hydroxylation is 1. The number of hydrogen-bond acceptors (Lipinski definition) is 7. The number of aromatic amines is 1. The summed E-state index contributed by atoms with van der Waals surface area (Å²) in [6, 6.07) is 9.47. The molecule has 24 heavy (non-hydrogen) atoms. The van der Waals surface area contributed by atoms with Gasteiger partial charge in [0.1, 0.15) is 5.82 Å². The molecule has 0 aliphatic heterocycles. The standard InChI is InChI=1S/C15H16N6O2S/c1-2-11-17-15(21-18-11)24-9-12(22)16-8-13-19-20-14(23-13)10-6-4-3-5-7-10/h3-7H,2,8-9H2,1H3,(H,16,22)(H,17,18,21). The summed E-state index contributed by atoms with van der Waals surface area (Å²) in [4.78, 5) is 16.1. The molecule has 2 N–H and O–H groups in total. The molecule has 2 heterocycles. The van der Waals surface area contributed by atoms with Crippen molar-refractivity contribution >= 4 is 17.7 Å². The summed E-state index contributed by atoms with van der Waals surface area (Å²) in [6.45, 7) is 2.17. The van der Waals surface area contributed by atoms with Crippen LogP contribution in [0.1, 0.15) is 18.6 Å². The van der Waals surface area contributed by atoms with Crippen LogP contribution in [0.4, 0.5) is 0 Å². The van der Waals surface area contributed by atoms with Gasteiger partial charge in [0.2, 0.25) is 22.8 Å². The molecule has 0 radical (unpaired) electrons. The number of benzene rings is 1. The van der Waals surface area contributed by atoms with E-state index in [0.29, 0.717) is 16.9 Å². The Balaban J connectivity index is 1.47. The van der Waals surface area contributed by atoms with E-state index in [0.717, 1.165) is 17.8 Å². The second-order valence-corrected chi connectivity index (χ2v) is 5.79. The van der Waals surface area contributed by atoms with Crippen LogP contribution < -0.4 is 5.32 Å². The van der Waals surface area contributed by atoms with E-state index in [1.807, 2.05) is 37.3 Å². The van der Waals surface area contributed by atoms with Gasteiger partial charge in [-0.2, -0.15) is 0 Å². The van der Waals surface area contributed by atoms with Crippen molar-refractivity contribution in [3.8, 4) is 11.5 Å². The molecule has 3 rings (SSSR count). The first-order valence-electron chi connectivity index (χ1n) is 7.43. The summed E-state index contributed by atoms with van der Waals surface area (Å²) in [5, 5.41) is 18.0. The lowest BCUT2D eigenvalue weighted by Gasteiger charge is -2.00. The van der Waals surface area contributed by atoms with Gasteiger partial charge in [-0.05, 0) is 12.1 Å². The van der Waals surface area contributed by atoms with Crippen molar-refractivity contribution in [1.82, 2.24) is 30.7 Å². The smallest absolute Gasteiger partial charge is 0.247 e. The fourth-order valence-electron chi connectivity index (χ4n) is 1.88. The lowest BCUT2D eigenvalue weighted by Crippen LogP contribution is -2.24. The van der Waals surface area contributed by atoms with E-state index < -0.39 is 0 Å². The third-order valence-electron chi connectivity index (χ3n) is 3.10.